The summed E-state index contributed by atoms with van der Waals surface area (Å²) in [6, 6.07) is 7.61. The number of hydrogen-bond acceptors (Lipinski definition) is 4. The second-order valence-electron chi connectivity index (χ2n) is 6.98. The summed E-state index contributed by atoms with van der Waals surface area (Å²) in [6.07, 6.45) is 5.70. The van der Waals surface area contributed by atoms with E-state index in [-0.39, 0.29) is 29.6 Å². The van der Waals surface area contributed by atoms with Gasteiger partial charge in [0.1, 0.15) is 17.6 Å². The van der Waals surface area contributed by atoms with Gasteiger partial charge in [0.25, 0.3) is 5.56 Å². The molecule has 1 saturated carbocycles. The van der Waals surface area contributed by atoms with Crippen molar-refractivity contribution < 1.29 is 9.21 Å². The number of nitrogens with one attached hydrogen (secondary N) is 1. The van der Waals surface area contributed by atoms with Crippen LogP contribution in [0.15, 0.2) is 39.8 Å². The van der Waals surface area contributed by atoms with E-state index in [1.54, 1.807) is 6.07 Å². The van der Waals surface area contributed by atoms with E-state index in [1.807, 2.05) is 18.2 Å². The Morgan fingerprint density at radius 3 is 2.84 bits per heavy atom. The Morgan fingerprint density at radius 2 is 2.04 bits per heavy atom. The van der Waals surface area contributed by atoms with Crippen molar-refractivity contribution in [3.05, 3.63) is 40.9 Å². The van der Waals surface area contributed by atoms with E-state index in [2.05, 4.69) is 17.2 Å². The van der Waals surface area contributed by atoms with Crippen molar-refractivity contribution in [2.24, 2.45) is 5.92 Å². The van der Waals surface area contributed by atoms with Gasteiger partial charge in [-0.05, 0) is 43.7 Å². The minimum Gasteiger partial charge on any atom is -0.448 e. The lowest BCUT2D eigenvalue weighted by molar-refractivity contribution is -0.122. The molecule has 6 nitrogen and oxygen atoms in total. The minimum atomic E-state index is -0.325. The lowest BCUT2D eigenvalue weighted by Gasteiger charge is -2.26. The third-order valence-corrected chi connectivity index (χ3v) is 5.05. The van der Waals surface area contributed by atoms with E-state index < -0.39 is 0 Å². The van der Waals surface area contributed by atoms with Gasteiger partial charge in [-0.2, -0.15) is 0 Å². The summed E-state index contributed by atoms with van der Waals surface area (Å²) in [6.45, 7) is 2.21. The molecule has 25 heavy (non-hydrogen) atoms. The highest BCUT2D eigenvalue weighted by atomic mass is 16.3. The molecule has 1 fully saturated rings. The normalized spacial score (nSPS) is 20.8. The van der Waals surface area contributed by atoms with E-state index in [9.17, 15) is 9.59 Å². The highest BCUT2D eigenvalue weighted by molar-refractivity contribution is 6.01. The smallest absolute Gasteiger partial charge is 0.297 e. The summed E-state index contributed by atoms with van der Waals surface area (Å²) >= 11 is 0. The lowest BCUT2D eigenvalue weighted by Crippen LogP contribution is -2.40. The molecule has 4 rings (SSSR count). The van der Waals surface area contributed by atoms with Gasteiger partial charge in [0, 0.05) is 11.4 Å². The molecule has 1 amide bonds. The number of carbonyl (C=O) groups excluding carboxylic acids is 1. The molecular formula is C19H21N3O3. The van der Waals surface area contributed by atoms with Crippen LogP contribution < -0.4 is 10.9 Å². The van der Waals surface area contributed by atoms with Crippen molar-refractivity contribution in [3.63, 3.8) is 0 Å². The Bertz CT molecular complexity index is 980. The molecule has 1 aliphatic rings. The molecule has 0 bridgehead atoms. The number of nitrogens with zero attached hydrogens (tertiary/aromatic N) is 2. The molecule has 0 spiro atoms. The predicted octanol–water partition coefficient (Wildman–Crippen LogP) is 2.84. The summed E-state index contributed by atoms with van der Waals surface area (Å²) in [5, 5.41) is 3.84. The van der Waals surface area contributed by atoms with Gasteiger partial charge in [0.05, 0.1) is 6.33 Å². The van der Waals surface area contributed by atoms with E-state index in [0.717, 1.165) is 37.0 Å². The van der Waals surface area contributed by atoms with Crippen LogP contribution in [-0.2, 0) is 11.3 Å². The molecule has 2 aromatic heterocycles. The fraction of sp³-hybridized carbons (Fsp3) is 0.421. The third-order valence-electron chi connectivity index (χ3n) is 5.05. The summed E-state index contributed by atoms with van der Waals surface area (Å²) in [7, 11) is 0. The van der Waals surface area contributed by atoms with Crippen LogP contribution in [0.4, 0.5) is 0 Å². The van der Waals surface area contributed by atoms with Crippen molar-refractivity contribution >= 4 is 28.0 Å². The number of carbonyl (C=O) groups is 1. The van der Waals surface area contributed by atoms with E-state index in [1.165, 1.54) is 10.9 Å². The van der Waals surface area contributed by atoms with Gasteiger partial charge >= 0.3 is 0 Å². The fourth-order valence-corrected chi connectivity index (χ4v) is 3.56. The van der Waals surface area contributed by atoms with Crippen molar-refractivity contribution in [3.8, 4) is 0 Å². The maximum absolute atomic E-state index is 12.6. The molecule has 6 heteroatoms. The Balaban J connectivity index is 1.55. The van der Waals surface area contributed by atoms with Crippen LogP contribution in [0, 0.1) is 5.92 Å². The number of amides is 1. The van der Waals surface area contributed by atoms with Gasteiger partial charge < -0.3 is 9.73 Å². The number of fused-ring (bicyclic) bond motifs is 3. The number of furan rings is 1. The summed E-state index contributed by atoms with van der Waals surface area (Å²) in [4.78, 5) is 29.2. The fourth-order valence-electron chi connectivity index (χ4n) is 3.56. The Labute approximate surface area is 144 Å². The molecular weight excluding hydrogens is 318 g/mol. The molecule has 0 aliphatic heterocycles. The maximum Gasteiger partial charge on any atom is 0.297 e. The first-order valence-corrected chi connectivity index (χ1v) is 8.78. The number of aromatic nitrogens is 2. The van der Waals surface area contributed by atoms with Crippen molar-refractivity contribution in [2.45, 2.75) is 45.2 Å². The minimum absolute atomic E-state index is 0.0368. The predicted molar refractivity (Wildman–Crippen MR) is 95.3 cm³/mol. The van der Waals surface area contributed by atoms with Crippen LogP contribution in [0.1, 0.15) is 32.6 Å². The third kappa shape index (κ3) is 3.04. The molecule has 1 aliphatic carbocycles. The first-order valence-electron chi connectivity index (χ1n) is 8.78. The summed E-state index contributed by atoms with van der Waals surface area (Å²) < 4.78 is 6.95. The first-order chi connectivity index (χ1) is 12.1. The quantitative estimate of drug-likeness (QED) is 0.796. The van der Waals surface area contributed by atoms with Crippen molar-refractivity contribution in [1.82, 2.24) is 14.9 Å². The number of rotatable bonds is 3. The molecule has 3 aromatic rings. The van der Waals surface area contributed by atoms with Crippen LogP contribution in [0.25, 0.3) is 22.1 Å². The van der Waals surface area contributed by atoms with Crippen molar-refractivity contribution in [2.75, 3.05) is 0 Å². The monoisotopic (exact) mass is 339 g/mol. The molecule has 0 unspecified atom stereocenters. The number of para-hydroxylation sites is 1. The first kappa shape index (κ1) is 15.9. The lowest BCUT2D eigenvalue weighted by atomic mass is 9.87. The molecule has 0 saturated heterocycles. The Morgan fingerprint density at radius 1 is 1.28 bits per heavy atom. The number of benzene rings is 1. The molecule has 0 radical (unpaired) electrons. The molecule has 0 atom stereocenters. The van der Waals surface area contributed by atoms with Crippen LogP contribution in [-0.4, -0.2) is 21.5 Å². The van der Waals surface area contributed by atoms with Gasteiger partial charge in [-0.25, -0.2) is 4.98 Å². The van der Waals surface area contributed by atoms with Gasteiger partial charge in [-0.3, -0.25) is 14.2 Å². The molecule has 1 aromatic carbocycles. The van der Waals surface area contributed by atoms with Crippen LogP contribution in [0.2, 0.25) is 0 Å². The standard InChI is InChI=1S/C19H21N3O3/c1-12-6-8-13(9-7-12)21-16(23)10-22-11-20-17-14-4-2-3-5-15(14)25-18(17)19(22)24/h2-5,11-13H,6-10H2,1H3,(H,21,23). The largest absolute Gasteiger partial charge is 0.448 e. The van der Waals surface area contributed by atoms with E-state index >= 15 is 0 Å². The van der Waals surface area contributed by atoms with Gasteiger partial charge in [-0.15, -0.1) is 0 Å². The zero-order chi connectivity index (χ0) is 17.4. The topological polar surface area (TPSA) is 77.1 Å². The second-order valence-corrected chi connectivity index (χ2v) is 6.98. The van der Waals surface area contributed by atoms with E-state index in [0.29, 0.717) is 11.1 Å². The maximum atomic E-state index is 12.6. The number of hydrogen-bond donors (Lipinski definition) is 1. The average molecular weight is 339 g/mol. The average Bonchev–Trinajstić information content (AvgIpc) is 2.99. The van der Waals surface area contributed by atoms with Crippen LogP contribution >= 0.6 is 0 Å². The highest BCUT2D eigenvalue weighted by Gasteiger charge is 2.20. The summed E-state index contributed by atoms with van der Waals surface area (Å²) in [5.74, 6) is 0.578. The molecule has 1 N–H and O–H groups in total. The summed E-state index contributed by atoms with van der Waals surface area (Å²) in [5.41, 5.74) is 1.04. The van der Waals surface area contributed by atoms with E-state index in [4.69, 9.17) is 4.42 Å². The van der Waals surface area contributed by atoms with Crippen LogP contribution in [0.5, 0.6) is 0 Å². The van der Waals surface area contributed by atoms with Gasteiger partial charge in [-0.1, -0.05) is 19.1 Å². The molecule has 2 heterocycles. The van der Waals surface area contributed by atoms with Gasteiger partial charge in [0.2, 0.25) is 11.5 Å². The molecule has 130 valence electrons. The van der Waals surface area contributed by atoms with Gasteiger partial charge in [0.15, 0.2) is 0 Å². The second kappa shape index (κ2) is 6.35. The van der Waals surface area contributed by atoms with Crippen molar-refractivity contribution in [1.29, 1.82) is 0 Å². The Kier molecular flexibility index (Phi) is 4.03. The Hall–Kier alpha value is -2.63. The zero-order valence-corrected chi connectivity index (χ0v) is 14.2. The van der Waals surface area contributed by atoms with Crippen LogP contribution in [0.3, 0.4) is 0 Å². The zero-order valence-electron chi connectivity index (χ0n) is 14.2. The highest BCUT2D eigenvalue weighted by Crippen LogP contribution is 2.24. The SMILES string of the molecule is CC1CCC(NC(=O)Cn2cnc3c(oc4ccccc43)c2=O)CC1.